The topological polar surface area (TPSA) is 51.2 Å². The number of nitrogens with one attached hydrogen (secondary N) is 1. The normalized spacial score (nSPS) is 11.7. The zero-order chi connectivity index (χ0) is 14.4. The molecule has 20 heavy (non-hydrogen) atoms. The molecule has 0 aliphatic carbocycles. The van der Waals surface area contributed by atoms with Gasteiger partial charge in [0.1, 0.15) is 0 Å². The Bertz CT molecular complexity index is 552. The third-order valence-corrected chi connectivity index (χ3v) is 3.09. The molecule has 104 valence electrons. The Morgan fingerprint density at radius 2 is 2.00 bits per heavy atom. The van der Waals surface area contributed by atoms with Crippen LogP contribution in [0.2, 0.25) is 0 Å². The van der Waals surface area contributed by atoms with Gasteiger partial charge >= 0.3 is 0 Å². The predicted octanol–water partition coefficient (Wildman–Crippen LogP) is 3.22. The van der Waals surface area contributed by atoms with Crippen LogP contribution in [0.15, 0.2) is 48.7 Å². The van der Waals surface area contributed by atoms with Crippen molar-refractivity contribution in [2.45, 2.75) is 19.3 Å². The maximum atomic E-state index is 12.0. The van der Waals surface area contributed by atoms with Crippen molar-refractivity contribution in [3.8, 4) is 5.88 Å². The number of ether oxygens (including phenoxy) is 1. The fourth-order valence-electron chi connectivity index (χ4n) is 1.96. The molecule has 0 fully saturated rings. The van der Waals surface area contributed by atoms with E-state index in [0.717, 1.165) is 5.56 Å². The summed E-state index contributed by atoms with van der Waals surface area (Å²) in [5.41, 5.74) is 1.84. The molecule has 1 amide bonds. The van der Waals surface area contributed by atoms with Gasteiger partial charge in [0.2, 0.25) is 11.8 Å². The molecule has 2 rings (SSSR count). The summed E-state index contributed by atoms with van der Waals surface area (Å²) in [5.74, 6) is 0.691. The van der Waals surface area contributed by atoms with Crippen molar-refractivity contribution in [1.29, 1.82) is 0 Å². The molecule has 1 unspecified atom stereocenters. The fraction of sp³-hybridized carbons (Fsp3) is 0.250. The van der Waals surface area contributed by atoms with Crippen LogP contribution in [0.3, 0.4) is 0 Å². The molecule has 4 heteroatoms. The molecule has 1 N–H and O–H groups in total. The van der Waals surface area contributed by atoms with Gasteiger partial charge in [-0.05, 0) is 17.5 Å². The summed E-state index contributed by atoms with van der Waals surface area (Å²) >= 11 is 0. The molecule has 1 atom stereocenters. The van der Waals surface area contributed by atoms with Gasteiger partial charge in [-0.1, -0.05) is 37.3 Å². The highest BCUT2D eigenvalue weighted by molar-refractivity contribution is 5.91. The first-order chi connectivity index (χ1) is 9.69. The van der Waals surface area contributed by atoms with E-state index >= 15 is 0 Å². The van der Waals surface area contributed by atoms with Crippen molar-refractivity contribution in [1.82, 2.24) is 4.98 Å². The summed E-state index contributed by atoms with van der Waals surface area (Å²) in [5, 5.41) is 2.84. The van der Waals surface area contributed by atoms with Gasteiger partial charge in [-0.25, -0.2) is 4.98 Å². The molecule has 1 aromatic heterocycles. The number of benzene rings is 1. The van der Waals surface area contributed by atoms with Gasteiger partial charge in [0.05, 0.1) is 19.0 Å². The van der Waals surface area contributed by atoms with Crippen LogP contribution >= 0.6 is 0 Å². The lowest BCUT2D eigenvalue weighted by Crippen LogP contribution is -2.14. The van der Waals surface area contributed by atoms with Gasteiger partial charge in [-0.15, -0.1) is 0 Å². The number of rotatable bonds is 5. The lowest BCUT2D eigenvalue weighted by atomic mass is 9.97. The SMILES string of the molecule is COc1ccc(NC(=O)CC(C)c2ccccc2)cn1. The summed E-state index contributed by atoms with van der Waals surface area (Å²) in [6, 6.07) is 13.5. The van der Waals surface area contributed by atoms with Gasteiger partial charge in [-0.2, -0.15) is 0 Å². The molecule has 0 bridgehead atoms. The van der Waals surface area contributed by atoms with E-state index in [1.807, 2.05) is 37.3 Å². The first-order valence-corrected chi connectivity index (χ1v) is 6.54. The number of carbonyl (C=O) groups excluding carboxylic acids is 1. The van der Waals surface area contributed by atoms with E-state index in [1.165, 1.54) is 0 Å². The number of amides is 1. The van der Waals surface area contributed by atoms with Crippen molar-refractivity contribution in [2.75, 3.05) is 12.4 Å². The molecule has 0 saturated carbocycles. The van der Waals surface area contributed by atoms with E-state index < -0.39 is 0 Å². The highest BCUT2D eigenvalue weighted by Gasteiger charge is 2.11. The predicted molar refractivity (Wildman–Crippen MR) is 78.9 cm³/mol. The van der Waals surface area contributed by atoms with Gasteiger partial charge in [0.15, 0.2) is 0 Å². The highest BCUT2D eigenvalue weighted by atomic mass is 16.5. The van der Waals surface area contributed by atoms with Crippen molar-refractivity contribution in [3.63, 3.8) is 0 Å². The molecule has 0 aliphatic rings. The fourth-order valence-corrected chi connectivity index (χ4v) is 1.96. The lowest BCUT2D eigenvalue weighted by Gasteiger charge is -2.12. The van der Waals surface area contributed by atoms with Crippen LogP contribution in [-0.2, 0) is 4.79 Å². The second-order valence-corrected chi connectivity index (χ2v) is 4.65. The van der Waals surface area contributed by atoms with Gasteiger partial charge in [-0.3, -0.25) is 4.79 Å². The molecule has 0 radical (unpaired) electrons. The van der Waals surface area contributed by atoms with E-state index in [2.05, 4.69) is 10.3 Å². The average Bonchev–Trinajstić information content (AvgIpc) is 2.49. The molecule has 0 aliphatic heterocycles. The van der Waals surface area contributed by atoms with Crippen LogP contribution in [0.1, 0.15) is 24.8 Å². The Balaban J connectivity index is 1.91. The van der Waals surface area contributed by atoms with Gasteiger partial charge in [0, 0.05) is 12.5 Å². The van der Waals surface area contributed by atoms with E-state index in [1.54, 1.807) is 25.4 Å². The number of pyridine rings is 1. The molecule has 4 nitrogen and oxygen atoms in total. The van der Waals surface area contributed by atoms with Crippen LogP contribution in [0.5, 0.6) is 5.88 Å². The maximum Gasteiger partial charge on any atom is 0.225 e. The molecule has 1 aromatic carbocycles. The Labute approximate surface area is 118 Å². The Hall–Kier alpha value is -2.36. The minimum Gasteiger partial charge on any atom is -0.481 e. The second-order valence-electron chi connectivity index (χ2n) is 4.65. The molecule has 0 spiro atoms. The summed E-state index contributed by atoms with van der Waals surface area (Å²) in [6.07, 6.45) is 2.03. The number of anilines is 1. The average molecular weight is 270 g/mol. The summed E-state index contributed by atoms with van der Waals surface area (Å²) in [7, 11) is 1.56. The minimum atomic E-state index is -0.0201. The van der Waals surface area contributed by atoms with Crippen LogP contribution in [0.25, 0.3) is 0 Å². The largest absolute Gasteiger partial charge is 0.481 e. The quantitative estimate of drug-likeness (QED) is 0.907. The Kier molecular flexibility index (Phi) is 4.71. The monoisotopic (exact) mass is 270 g/mol. The summed E-state index contributed by atoms with van der Waals surface area (Å²) in [4.78, 5) is 16.0. The number of carbonyl (C=O) groups is 1. The molecular formula is C16H18N2O2. The first-order valence-electron chi connectivity index (χ1n) is 6.54. The van der Waals surface area contributed by atoms with Crippen LogP contribution in [0, 0.1) is 0 Å². The van der Waals surface area contributed by atoms with E-state index in [-0.39, 0.29) is 11.8 Å². The third kappa shape index (κ3) is 3.82. The van der Waals surface area contributed by atoms with E-state index in [4.69, 9.17) is 4.74 Å². The van der Waals surface area contributed by atoms with E-state index in [0.29, 0.717) is 18.0 Å². The third-order valence-electron chi connectivity index (χ3n) is 3.09. The number of hydrogen-bond donors (Lipinski definition) is 1. The highest BCUT2D eigenvalue weighted by Crippen LogP contribution is 2.19. The molecule has 2 aromatic rings. The van der Waals surface area contributed by atoms with E-state index in [9.17, 15) is 4.79 Å². The van der Waals surface area contributed by atoms with Crippen molar-refractivity contribution in [3.05, 3.63) is 54.2 Å². The van der Waals surface area contributed by atoms with Crippen molar-refractivity contribution < 1.29 is 9.53 Å². The molecule has 0 saturated heterocycles. The lowest BCUT2D eigenvalue weighted by molar-refractivity contribution is -0.116. The second kappa shape index (κ2) is 6.70. The van der Waals surface area contributed by atoms with Crippen molar-refractivity contribution >= 4 is 11.6 Å². The molecule has 1 heterocycles. The molecular weight excluding hydrogens is 252 g/mol. The minimum absolute atomic E-state index is 0.0201. The van der Waals surface area contributed by atoms with Crippen LogP contribution in [0.4, 0.5) is 5.69 Å². The Morgan fingerprint density at radius 1 is 1.25 bits per heavy atom. The van der Waals surface area contributed by atoms with Crippen LogP contribution in [-0.4, -0.2) is 18.0 Å². The standard InChI is InChI=1S/C16H18N2O2/c1-12(13-6-4-3-5-7-13)10-15(19)18-14-8-9-16(20-2)17-11-14/h3-9,11-12H,10H2,1-2H3,(H,18,19). The smallest absolute Gasteiger partial charge is 0.225 e. The summed E-state index contributed by atoms with van der Waals surface area (Å²) in [6.45, 7) is 2.04. The Morgan fingerprint density at radius 3 is 2.60 bits per heavy atom. The number of aromatic nitrogens is 1. The zero-order valence-electron chi connectivity index (χ0n) is 11.7. The number of hydrogen-bond acceptors (Lipinski definition) is 3. The first kappa shape index (κ1) is 14.1. The van der Waals surface area contributed by atoms with Crippen LogP contribution < -0.4 is 10.1 Å². The summed E-state index contributed by atoms with van der Waals surface area (Å²) < 4.78 is 4.97. The number of nitrogens with zero attached hydrogens (tertiary/aromatic N) is 1. The van der Waals surface area contributed by atoms with Gasteiger partial charge in [0.25, 0.3) is 0 Å². The maximum absolute atomic E-state index is 12.0. The van der Waals surface area contributed by atoms with Gasteiger partial charge < -0.3 is 10.1 Å². The zero-order valence-corrected chi connectivity index (χ0v) is 11.7. The van der Waals surface area contributed by atoms with Crippen molar-refractivity contribution in [2.24, 2.45) is 0 Å². The number of methoxy groups -OCH3 is 1.